The maximum atomic E-state index is 12.8. The average molecular weight is 386 g/mol. The van der Waals surface area contributed by atoms with Crippen molar-refractivity contribution < 1.29 is 4.79 Å². The summed E-state index contributed by atoms with van der Waals surface area (Å²) < 4.78 is 1.75. The number of benzene rings is 2. The number of hydrogen-bond donors (Lipinski definition) is 0. The van der Waals surface area contributed by atoms with Crippen LogP contribution in [0.2, 0.25) is 5.02 Å². The van der Waals surface area contributed by atoms with Gasteiger partial charge in [0.05, 0.1) is 11.4 Å². The van der Waals surface area contributed by atoms with Gasteiger partial charge in [0.1, 0.15) is 4.64 Å². The normalized spacial score (nSPS) is 10.5. The maximum absolute atomic E-state index is 12.8. The minimum absolute atomic E-state index is 0.142. The maximum Gasteiger partial charge on any atom is 0.337 e. The molecule has 0 aliphatic heterocycles. The van der Waals surface area contributed by atoms with Crippen molar-refractivity contribution in [2.45, 2.75) is 6.92 Å². The fourth-order valence-electron chi connectivity index (χ4n) is 2.36. The molecule has 0 unspecified atom stereocenters. The number of aromatic nitrogens is 3. The van der Waals surface area contributed by atoms with Crippen LogP contribution in [0.25, 0.3) is 11.4 Å². The van der Waals surface area contributed by atoms with Crippen molar-refractivity contribution in [1.82, 2.24) is 14.3 Å². The van der Waals surface area contributed by atoms with E-state index in [1.165, 1.54) is 19.1 Å². The van der Waals surface area contributed by atoms with E-state index in [-0.39, 0.29) is 10.3 Å². The van der Waals surface area contributed by atoms with E-state index in [2.05, 4.69) is 5.10 Å². The van der Waals surface area contributed by atoms with Crippen molar-refractivity contribution in [2.75, 3.05) is 0 Å². The Kier molecular flexibility index (Phi) is 4.92. The van der Waals surface area contributed by atoms with Crippen molar-refractivity contribution in [1.29, 1.82) is 0 Å². The molecule has 3 rings (SSSR count). The Hall–Kier alpha value is -2.90. The van der Waals surface area contributed by atoms with Gasteiger partial charge in [0.15, 0.2) is 11.5 Å². The summed E-state index contributed by atoms with van der Waals surface area (Å²) in [5.41, 5.74) is -1.32. The molecule has 0 aliphatic carbocycles. The summed E-state index contributed by atoms with van der Waals surface area (Å²) in [6, 6.07) is 14.5. The predicted octanol–water partition coefficient (Wildman–Crippen LogP) is 2.97. The fourth-order valence-corrected chi connectivity index (χ4v) is 2.86. The van der Waals surface area contributed by atoms with Crippen LogP contribution in [0.3, 0.4) is 0 Å². The Morgan fingerprint density at radius 3 is 2.15 bits per heavy atom. The Morgan fingerprint density at radius 2 is 1.58 bits per heavy atom. The molecular formula is C18H12ClN3O3S. The SMILES string of the molecule is CC(=O)c1nn(-c2ccccc2)c(=O)c(=O)n(-c2ccc(Cl)cc2)c1=S. The lowest BCUT2D eigenvalue weighted by Gasteiger charge is -2.03. The molecule has 0 spiro atoms. The summed E-state index contributed by atoms with van der Waals surface area (Å²) in [5.74, 6) is -0.461. The third-order valence-electron chi connectivity index (χ3n) is 3.60. The standard InChI is InChI=1S/C18H12ClN3O3S/c1-11(23)15-18(26)21(13-9-7-12(19)8-10-13)16(24)17(25)22(20-15)14-5-3-2-4-6-14/h2-10H,1H3. The van der Waals surface area contributed by atoms with Gasteiger partial charge in [0.25, 0.3) is 0 Å². The molecule has 0 amide bonds. The number of rotatable bonds is 3. The van der Waals surface area contributed by atoms with Gasteiger partial charge in [-0.1, -0.05) is 42.0 Å². The highest BCUT2D eigenvalue weighted by molar-refractivity contribution is 7.71. The van der Waals surface area contributed by atoms with Crippen LogP contribution in [0.1, 0.15) is 17.4 Å². The zero-order valence-electron chi connectivity index (χ0n) is 13.5. The molecule has 0 saturated heterocycles. The van der Waals surface area contributed by atoms with Gasteiger partial charge in [-0.2, -0.15) is 9.78 Å². The van der Waals surface area contributed by atoms with E-state index in [9.17, 15) is 14.4 Å². The molecule has 3 aromatic rings. The first-order valence-corrected chi connectivity index (χ1v) is 8.32. The molecule has 0 atom stereocenters. The van der Waals surface area contributed by atoms with Gasteiger partial charge in [0.2, 0.25) is 0 Å². The van der Waals surface area contributed by atoms with Gasteiger partial charge >= 0.3 is 11.1 Å². The summed E-state index contributed by atoms with van der Waals surface area (Å²) >= 11 is 11.2. The quantitative estimate of drug-likeness (QED) is 0.393. The monoisotopic (exact) mass is 385 g/mol. The first-order valence-electron chi connectivity index (χ1n) is 7.53. The van der Waals surface area contributed by atoms with Crippen molar-refractivity contribution in [3.63, 3.8) is 0 Å². The van der Waals surface area contributed by atoms with Crippen LogP contribution < -0.4 is 11.1 Å². The highest BCUT2D eigenvalue weighted by Gasteiger charge is 2.16. The van der Waals surface area contributed by atoms with Gasteiger partial charge in [-0.15, -0.1) is 0 Å². The second-order valence-corrected chi connectivity index (χ2v) is 6.20. The van der Waals surface area contributed by atoms with E-state index < -0.39 is 16.9 Å². The fraction of sp³-hybridized carbons (Fsp3) is 0.0556. The van der Waals surface area contributed by atoms with Crippen LogP contribution in [0.5, 0.6) is 0 Å². The third kappa shape index (κ3) is 3.26. The molecule has 6 nitrogen and oxygen atoms in total. The predicted molar refractivity (Wildman–Crippen MR) is 101 cm³/mol. The minimum atomic E-state index is -0.926. The smallest absolute Gasteiger partial charge is 0.293 e. The van der Waals surface area contributed by atoms with E-state index in [1.807, 2.05) is 0 Å². The molecule has 0 N–H and O–H groups in total. The van der Waals surface area contributed by atoms with Crippen molar-refractivity contribution in [3.8, 4) is 11.4 Å². The summed E-state index contributed by atoms with van der Waals surface area (Å²) in [6.07, 6.45) is 0. The highest BCUT2D eigenvalue weighted by atomic mass is 35.5. The number of ketones is 1. The van der Waals surface area contributed by atoms with E-state index in [1.54, 1.807) is 42.5 Å². The Bertz CT molecular complexity index is 1170. The van der Waals surface area contributed by atoms with Gasteiger partial charge in [0, 0.05) is 11.9 Å². The lowest BCUT2D eigenvalue weighted by Crippen LogP contribution is -2.37. The van der Waals surface area contributed by atoms with E-state index in [0.717, 1.165) is 9.25 Å². The zero-order valence-corrected chi connectivity index (χ0v) is 15.1. The highest BCUT2D eigenvalue weighted by Crippen LogP contribution is 2.13. The van der Waals surface area contributed by atoms with Crippen molar-refractivity contribution in [2.24, 2.45) is 0 Å². The van der Waals surface area contributed by atoms with E-state index in [0.29, 0.717) is 16.4 Å². The number of Topliss-reactive ketones (excluding diaryl/α,β-unsaturated/α-hetero) is 1. The Morgan fingerprint density at radius 1 is 0.962 bits per heavy atom. The van der Waals surface area contributed by atoms with Gasteiger partial charge < -0.3 is 0 Å². The summed E-state index contributed by atoms with van der Waals surface area (Å²) in [6.45, 7) is 1.27. The summed E-state index contributed by atoms with van der Waals surface area (Å²) in [4.78, 5) is 37.6. The summed E-state index contributed by atoms with van der Waals surface area (Å²) in [5, 5.41) is 4.53. The lowest BCUT2D eigenvalue weighted by atomic mass is 10.3. The summed E-state index contributed by atoms with van der Waals surface area (Å²) in [7, 11) is 0. The largest absolute Gasteiger partial charge is 0.337 e. The van der Waals surface area contributed by atoms with Crippen LogP contribution in [0.15, 0.2) is 64.2 Å². The van der Waals surface area contributed by atoms with Crippen molar-refractivity contribution in [3.05, 3.63) is 90.7 Å². The lowest BCUT2D eigenvalue weighted by molar-refractivity contribution is 0.101. The Labute approximate surface area is 157 Å². The van der Waals surface area contributed by atoms with E-state index in [4.69, 9.17) is 23.8 Å². The number of para-hydroxylation sites is 1. The number of carbonyl (C=O) groups excluding carboxylic acids is 1. The van der Waals surface area contributed by atoms with Gasteiger partial charge in [-0.3, -0.25) is 19.0 Å². The second-order valence-electron chi connectivity index (χ2n) is 5.38. The van der Waals surface area contributed by atoms with Crippen LogP contribution >= 0.6 is 23.8 Å². The molecule has 130 valence electrons. The van der Waals surface area contributed by atoms with Crippen LogP contribution in [-0.2, 0) is 0 Å². The molecule has 0 bridgehead atoms. The number of hydrogen-bond acceptors (Lipinski definition) is 5. The second kappa shape index (κ2) is 7.15. The van der Waals surface area contributed by atoms with Crippen molar-refractivity contribution >= 4 is 29.6 Å². The average Bonchev–Trinajstić information content (AvgIpc) is 2.72. The number of halogens is 1. The number of nitrogens with zero attached hydrogens (tertiary/aromatic N) is 3. The first kappa shape index (κ1) is 17.9. The first-order chi connectivity index (χ1) is 12.4. The molecule has 0 aliphatic rings. The topological polar surface area (TPSA) is 74.0 Å². The molecule has 0 saturated carbocycles. The molecule has 1 aromatic heterocycles. The molecule has 8 heteroatoms. The molecule has 26 heavy (non-hydrogen) atoms. The number of carbonyl (C=O) groups is 1. The van der Waals surface area contributed by atoms with Crippen LogP contribution in [-0.4, -0.2) is 20.1 Å². The van der Waals surface area contributed by atoms with Gasteiger partial charge in [-0.25, -0.2) is 0 Å². The third-order valence-corrected chi connectivity index (χ3v) is 4.23. The molecule has 2 aromatic carbocycles. The van der Waals surface area contributed by atoms with E-state index >= 15 is 0 Å². The van der Waals surface area contributed by atoms with Crippen LogP contribution in [0, 0.1) is 4.64 Å². The zero-order chi connectivity index (χ0) is 18.8. The molecule has 0 radical (unpaired) electrons. The van der Waals surface area contributed by atoms with Crippen LogP contribution in [0.4, 0.5) is 0 Å². The Balaban J connectivity index is 2.49. The molecular weight excluding hydrogens is 374 g/mol. The van der Waals surface area contributed by atoms with Gasteiger partial charge in [-0.05, 0) is 36.4 Å². The minimum Gasteiger partial charge on any atom is -0.293 e. The molecule has 0 fully saturated rings. The molecule has 1 heterocycles.